The number of ether oxygens (including phenoxy) is 6. The normalized spacial score (nSPS) is 54.4. The second-order valence-corrected chi connectivity index (χ2v) is 22.6. The number of fused-ring (bicyclic) bond motifs is 7. The molecule has 0 spiro atoms. The van der Waals surface area contributed by atoms with Crippen LogP contribution in [0.1, 0.15) is 113 Å². The maximum Gasteiger partial charge on any atom is 0.187 e. The Morgan fingerprint density at radius 3 is 2.00 bits per heavy atom. The second kappa shape index (κ2) is 16.5. The first kappa shape index (κ1) is 46.7. The third kappa shape index (κ3) is 7.44. The fourth-order valence-corrected chi connectivity index (χ4v) is 14.6. The smallest absolute Gasteiger partial charge is 0.187 e. The summed E-state index contributed by atoms with van der Waals surface area (Å²) in [6.45, 7) is 15.9. The van der Waals surface area contributed by atoms with Gasteiger partial charge in [0.2, 0.25) is 0 Å². The van der Waals surface area contributed by atoms with Gasteiger partial charge in [0.25, 0.3) is 0 Å². The number of rotatable bonds is 8. The van der Waals surface area contributed by atoms with Gasteiger partial charge in [-0.15, -0.1) is 0 Å². The van der Waals surface area contributed by atoms with Crippen molar-refractivity contribution in [1.82, 2.24) is 0 Å². The van der Waals surface area contributed by atoms with Crippen LogP contribution in [0.25, 0.3) is 0 Å². The molecule has 15 heteroatoms. The van der Waals surface area contributed by atoms with E-state index in [0.717, 1.165) is 57.8 Å². The Hall–Kier alpha value is -0.860. The highest BCUT2D eigenvalue weighted by Gasteiger charge is 2.69. The third-order valence-corrected chi connectivity index (χ3v) is 18.7. The van der Waals surface area contributed by atoms with Crippen LogP contribution in [-0.4, -0.2) is 158 Å². The van der Waals surface area contributed by atoms with E-state index in [1.807, 2.05) is 0 Å². The maximum absolute atomic E-state index is 11.3. The van der Waals surface area contributed by atoms with Crippen LogP contribution < -0.4 is 0 Å². The third-order valence-electron chi connectivity index (χ3n) is 18.7. The summed E-state index contributed by atoms with van der Waals surface area (Å²) < 4.78 is 36.8. The highest BCUT2D eigenvalue weighted by Crippen LogP contribution is 2.76. The molecule has 61 heavy (non-hydrogen) atoms. The molecule has 15 nitrogen and oxygen atoms in total. The minimum absolute atomic E-state index is 0.0138. The first-order valence-electron chi connectivity index (χ1n) is 23.1. The molecule has 8 aliphatic rings. The molecule has 3 aliphatic heterocycles. The summed E-state index contributed by atoms with van der Waals surface area (Å²) in [6, 6.07) is 0. The quantitative estimate of drug-likeness (QED) is 0.125. The predicted octanol–water partition coefficient (Wildman–Crippen LogP) is 1.89. The average Bonchev–Trinajstić information content (AvgIpc) is 3.21. The van der Waals surface area contributed by atoms with Crippen molar-refractivity contribution in [2.24, 2.45) is 50.2 Å². The molecule has 0 amide bonds. The van der Waals surface area contributed by atoms with E-state index in [1.165, 1.54) is 0 Å². The van der Waals surface area contributed by atoms with Crippen LogP contribution in [0.4, 0.5) is 0 Å². The highest BCUT2D eigenvalue weighted by molar-refractivity contribution is 5.34. The van der Waals surface area contributed by atoms with E-state index in [2.05, 4.69) is 54.5 Å². The molecule has 0 radical (unpaired) electrons. The van der Waals surface area contributed by atoms with Gasteiger partial charge in [0.1, 0.15) is 61.0 Å². The van der Waals surface area contributed by atoms with Crippen LogP contribution in [0.5, 0.6) is 0 Å². The van der Waals surface area contributed by atoms with E-state index in [-0.39, 0.29) is 64.3 Å². The van der Waals surface area contributed by atoms with Crippen LogP contribution in [0.15, 0.2) is 11.6 Å². The lowest BCUT2D eigenvalue weighted by atomic mass is 9.33. The lowest BCUT2D eigenvalue weighted by molar-refractivity contribution is -0.385. The minimum atomic E-state index is -1.78. The largest absolute Gasteiger partial charge is 0.396 e. The zero-order valence-electron chi connectivity index (χ0n) is 37.3. The van der Waals surface area contributed by atoms with E-state index in [9.17, 15) is 46.0 Å². The van der Waals surface area contributed by atoms with E-state index >= 15 is 0 Å². The first-order valence-corrected chi connectivity index (χ1v) is 23.1. The second-order valence-electron chi connectivity index (χ2n) is 22.6. The highest BCUT2D eigenvalue weighted by atomic mass is 16.8. The Kier molecular flexibility index (Phi) is 12.6. The van der Waals surface area contributed by atoms with Gasteiger partial charge in [-0.1, -0.05) is 60.1 Å². The standard InChI is InChI=1S/C46H76O15/c1-41(2)14-16-46(22-48)17-15-44(6)23(24(46)18-41)8-9-29-43(5)12-11-30(42(3,4)28(43)10-13-45(29,44)7)59-40-37(61-39-35(55)33(53)32(52)27(19-47)58-39)36(26(50)21-57-40)60-38-34(54)31(51)25(49)20-56-38/h8,24-40,47-55H,9-22H2,1-7H3/t24-,25-,26+,27+,28-,29+,30-,31-,32+,33-,34+,35+,36-,37+,38-,39-,40-,43-,44+,45+,46+/m0/s1. The summed E-state index contributed by atoms with van der Waals surface area (Å²) >= 11 is 0. The monoisotopic (exact) mass is 869 g/mol. The fraction of sp³-hybridized carbons (Fsp3) is 0.957. The molecular weight excluding hydrogens is 792 g/mol. The Morgan fingerprint density at radius 1 is 0.639 bits per heavy atom. The summed E-state index contributed by atoms with van der Waals surface area (Å²) in [5, 5.41) is 95.7. The van der Waals surface area contributed by atoms with Crippen LogP contribution in [0.3, 0.4) is 0 Å². The topological polar surface area (TPSA) is 237 Å². The molecule has 5 aliphatic carbocycles. The predicted molar refractivity (Wildman–Crippen MR) is 218 cm³/mol. The number of hydrogen-bond donors (Lipinski definition) is 9. The molecule has 3 saturated heterocycles. The fourth-order valence-electron chi connectivity index (χ4n) is 14.6. The summed E-state index contributed by atoms with van der Waals surface area (Å²) in [7, 11) is 0. The Morgan fingerprint density at radius 2 is 1.30 bits per heavy atom. The van der Waals surface area contributed by atoms with Crippen LogP contribution in [0, 0.1) is 50.2 Å². The maximum atomic E-state index is 11.3. The van der Waals surface area contributed by atoms with Gasteiger partial charge in [0.15, 0.2) is 18.9 Å². The number of hydrogen-bond acceptors (Lipinski definition) is 15. The summed E-state index contributed by atoms with van der Waals surface area (Å²) in [6.07, 6.45) is -7.16. The average molecular weight is 869 g/mol. The van der Waals surface area contributed by atoms with Crippen molar-refractivity contribution in [3.8, 4) is 0 Å². The molecule has 0 bridgehead atoms. The molecule has 0 aromatic rings. The molecule has 9 N–H and O–H groups in total. The molecule has 8 rings (SSSR count). The molecule has 0 unspecified atom stereocenters. The minimum Gasteiger partial charge on any atom is -0.396 e. The van der Waals surface area contributed by atoms with E-state index in [0.29, 0.717) is 18.3 Å². The van der Waals surface area contributed by atoms with Crippen LogP contribution >= 0.6 is 0 Å². The number of aliphatic hydroxyl groups excluding tert-OH is 9. The Bertz CT molecular complexity index is 1610. The van der Waals surface area contributed by atoms with Crippen molar-refractivity contribution in [3.05, 3.63) is 11.6 Å². The van der Waals surface area contributed by atoms with Crippen molar-refractivity contribution in [1.29, 1.82) is 0 Å². The van der Waals surface area contributed by atoms with E-state index in [4.69, 9.17) is 28.4 Å². The van der Waals surface area contributed by atoms with Gasteiger partial charge < -0.3 is 74.4 Å². The van der Waals surface area contributed by atoms with E-state index < -0.39 is 86.5 Å². The van der Waals surface area contributed by atoms with Gasteiger partial charge in [0, 0.05) is 12.0 Å². The lowest BCUT2D eigenvalue weighted by Gasteiger charge is -2.71. The summed E-state index contributed by atoms with van der Waals surface area (Å²) in [5.41, 5.74) is 1.53. The first-order chi connectivity index (χ1) is 28.6. The zero-order chi connectivity index (χ0) is 44.2. The molecule has 4 saturated carbocycles. The summed E-state index contributed by atoms with van der Waals surface area (Å²) in [5.74, 6) is 1.10. The van der Waals surface area contributed by atoms with Gasteiger partial charge in [-0.05, 0) is 109 Å². The number of aliphatic hydroxyl groups is 9. The molecule has 350 valence electrons. The van der Waals surface area contributed by atoms with Crippen LogP contribution in [-0.2, 0) is 28.4 Å². The van der Waals surface area contributed by atoms with Crippen molar-refractivity contribution >= 4 is 0 Å². The van der Waals surface area contributed by atoms with Gasteiger partial charge in [0.05, 0.1) is 25.9 Å². The molecule has 3 heterocycles. The molecule has 0 aromatic heterocycles. The lowest BCUT2D eigenvalue weighted by Crippen LogP contribution is -2.66. The molecule has 21 atom stereocenters. The van der Waals surface area contributed by atoms with Gasteiger partial charge in [-0.2, -0.15) is 0 Å². The number of allylic oxidation sites excluding steroid dienone is 2. The molecule has 0 aromatic carbocycles. The van der Waals surface area contributed by atoms with Gasteiger partial charge >= 0.3 is 0 Å². The van der Waals surface area contributed by atoms with Crippen molar-refractivity contribution in [3.63, 3.8) is 0 Å². The SMILES string of the molecule is CC1(C)CC[C@]2(CO)CC[C@]3(C)C(=CC[C@@H]4[C@@]5(C)CC[C@H](O[C@@H]6OC[C@@H](O)[C@H](O[C@@H]7OC[C@H](O)[C@H](O)[C@H]7O)[C@H]6O[C@@H]6O[C@H](CO)[C@@H](O)[C@H](O)[C@H]6O)C(C)(C)[C@@H]5CC[C@]43C)[C@@H]2C1. The molecule has 7 fully saturated rings. The van der Waals surface area contributed by atoms with Gasteiger partial charge in [-0.3, -0.25) is 0 Å². The zero-order valence-corrected chi connectivity index (χ0v) is 37.3. The summed E-state index contributed by atoms with van der Waals surface area (Å²) in [4.78, 5) is 0. The van der Waals surface area contributed by atoms with Crippen molar-refractivity contribution in [2.75, 3.05) is 26.4 Å². The van der Waals surface area contributed by atoms with Crippen molar-refractivity contribution < 1.29 is 74.4 Å². The van der Waals surface area contributed by atoms with E-state index in [1.54, 1.807) is 5.57 Å². The van der Waals surface area contributed by atoms with Gasteiger partial charge in [-0.25, -0.2) is 0 Å². The Labute approximate surface area is 360 Å². The Balaban J connectivity index is 1.06. The van der Waals surface area contributed by atoms with Crippen molar-refractivity contribution in [2.45, 2.75) is 199 Å². The van der Waals surface area contributed by atoms with Crippen LogP contribution in [0.2, 0.25) is 0 Å². The molecular formula is C46H76O15.